The van der Waals surface area contributed by atoms with Crippen molar-refractivity contribution in [3.8, 4) is 28.3 Å². The Morgan fingerprint density at radius 1 is 0.547 bits per heavy atom. The SMILES string of the molecule is C=C/C=C(\C=C)n1c(=O)c2ccccc2n2c3cc(-c4ccc5c(c4)c4ccccc4n5-c4nc(-c5ccccc5)c5ccccc5n4)ccc3nc12. The largest absolute Gasteiger partial charge is 0.278 e. The van der Waals surface area contributed by atoms with Crippen molar-refractivity contribution in [2.24, 2.45) is 0 Å². The summed E-state index contributed by atoms with van der Waals surface area (Å²) in [5, 5.41) is 3.80. The van der Waals surface area contributed by atoms with Gasteiger partial charge in [-0.05, 0) is 71.8 Å². The van der Waals surface area contributed by atoms with Gasteiger partial charge in [0, 0.05) is 21.7 Å². The Morgan fingerprint density at radius 2 is 1.23 bits per heavy atom. The van der Waals surface area contributed by atoms with Gasteiger partial charge in [-0.25, -0.2) is 19.5 Å². The van der Waals surface area contributed by atoms with Gasteiger partial charge in [-0.3, -0.25) is 13.8 Å². The zero-order valence-electron chi connectivity index (χ0n) is 28.5. The quantitative estimate of drug-likeness (QED) is 0.164. The van der Waals surface area contributed by atoms with Crippen molar-refractivity contribution in [1.82, 2.24) is 28.5 Å². The predicted octanol–water partition coefficient (Wildman–Crippen LogP) is 10.4. The van der Waals surface area contributed by atoms with Gasteiger partial charge in [-0.2, -0.15) is 0 Å². The topological polar surface area (TPSA) is 70.0 Å². The maximum absolute atomic E-state index is 13.9. The molecule has 53 heavy (non-hydrogen) atoms. The lowest BCUT2D eigenvalue weighted by Gasteiger charge is -2.12. The summed E-state index contributed by atoms with van der Waals surface area (Å²) in [6, 6.07) is 47.3. The lowest BCUT2D eigenvalue weighted by atomic mass is 10.0. The van der Waals surface area contributed by atoms with Crippen LogP contribution >= 0.6 is 0 Å². The van der Waals surface area contributed by atoms with Gasteiger partial charge in [0.15, 0.2) is 0 Å². The molecule has 7 heteroatoms. The number of para-hydroxylation sites is 3. The minimum absolute atomic E-state index is 0.162. The van der Waals surface area contributed by atoms with E-state index >= 15 is 0 Å². The average Bonchev–Trinajstić information content (AvgIpc) is 3.76. The van der Waals surface area contributed by atoms with E-state index in [9.17, 15) is 4.79 Å². The van der Waals surface area contributed by atoms with E-state index in [0.717, 1.165) is 71.6 Å². The lowest BCUT2D eigenvalue weighted by Crippen LogP contribution is -2.22. The van der Waals surface area contributed by atoms with Gasteiger partial charge in [0.25, 0.3) is 5.56 Å². The number of rotatable bonds is 6. The summed E-state index contributed by atoms with van der Waals surface area (Å²) in [5.74, 6) is 1.13. The molecule has 0 radical (unpaired) electrons. The molecule has 0 spiro atoms. The molecule has 7 nitrogen and oxygen atoms in total. The van der Waals surface area contributed by atoms with Crippen LogP contribution in [0.5, 0.6) is 0 Å². The van der Waals surface area contributed by atoms with Crippen molar-refractivity contribution in [2.45, 2.75) is 0 Å². The van der Waals surface area contributed by atoms with Gasteiger partial charge in [0.05, 0.1) is 49.9 Å². The summed E-state index contributed by atoms with van der Waals surface area (Å²) in [6.45, 7) is 7.81. The molecule has 6 aromatic carbocycles. The van der Waals surface area contributed by atoms with Crippen LogP contribution in [0.4, 0.5) is 0 Å². The number of benzene rings is 6. The van der Waals surface area contributed by atoms with Gasteiger partial charge in [0.1, 0.15) is 0 Å². The van der Waals surface area contributed by atoms with Gasteiger partial charge in [-0.15, -0.1) is 0 Å². The Kier molecular flexibility index (Phi) is 6.81. The van der Waals surface area contributed by atoms with Crippen LogP contribution < -0.4 is 5.56 Å². The predicted molar refractivity (Wildman–Crippen MR) is 217 cm³/mol. The molecule has 0 aliphatic heterocycles. The van der Waals surface area contributed by atoms with Crippen LogP contribution in [0.1, 0.15) is 0 Å². The molecule has 10 rings (SSSR count). The Hall–Kier alpha value is -7.38. The first-order valence-electron chi connectivity index (χ1n) is 17.4. The summed E-state index contributed by atoms with van der Waals surface area (Å²) in [7, 11) is 0. The molecule has 0 atom stereocenters. The van der Waals surface area contributed by atoms with Crippen molar-refractivity contribution >= 4 is 66.1 Å². The second kappa shape index (κ2) is 11.9. The second-order valence-electron chi connectivity index (χ2n) is 13.0. The highest BCUT2D eigenvalue weighted by Gasteiger charge is 2.20. The van der Waals surface area contributed by atoms with Gasteiger partial charge >= 0.3 is 0 Å². The average molecular weight is 683 g/mol. The third kappa shape index (κ3) is 4.61. The summed E-state index contributed by atoms with van der Waals surface area (Å²) in [6.07, 6.45) is 5.07. The summed E-state index contributed by atoms with van der Waals surface area (Å²) in [4.78, 5) is 29.2. The first kappa shape index (κ1) is 30.4. The Bertz CT molecular complexity index is 3240. The van der Waals surface area contributed by atoms with Crippen LogP contribution in [-0.4, -0.2) is 28.5 Å². The van der Waals surface area contributed by atoms with Crippen molar-refractivity contribution in [1.29, 1.82) is 0 Å². The van der Waals surface area contributed by atoms with E-state index < -0.39 is 0 Å². The third-order valence-corrected chi connectivity index (χ3v) is 10.0. The number of hydrogen-bond acceptors (Lipinski definition) is 4. The van der Waals surface area contributed by atoms with E-state index in [4.69, 9.17) is 15.0 Å². The maximum atomic E-state index is 13.9. The Balaban J connectivity index is 1.20. The highest BCUT2D eigenvalue weighted by molar-refractivity contribution is 6.10. The standard InChI is InChI=1S/C46H30N6O/c1-3-14-32(4-2)50-44(53)35-19-10-13-22-40(35)52-42-28-31(23-25-38(42)48-46(50)52)30-24-26-41-36(27-30)33-17-9-12-21-39(33)51(41)45-47-37-20-11-8-18-34(37)43(49-45)29-15-6-5-7-16-29/h3-28H,1-2H2/b32-14+. The number of imidazole rings is 1. The number of fused-ring (bicyclic) bond motifs is 9. The highest BCUT2D eigenvalue weighted by Crippen LogP contribution is 2.37. The molecule has 0 aliphatic carbocycles. The molecule has 4 aromatic heterocycles. The molecule has 0 bridgehead atoms. The zero-order valence-corrected chi connectivity index (χ0v) is 28.5. The zero-order chi connectivity index (χ0) is 35.6. The number of aromatic nitrogens is 6. The minimum Gasteiger partial charge on any atom is -0.278 e. The van der Waals surface area contributed by atoms with Crippen LogP contribution in [0.25, 0.3) is 94.5 Å². The van der Waals surface area contributed by atoms with Crippen LogP contribution in [0.2, 0.25) is 0 Å². The smallest absolute Gasteiger partial charge is 0.267 e. The van der Waals surface area contributed by atoms with E-state index in [1.807, 2.05) is 66.7 Å². The van der Waals surface area contributed by atoms with Crippen molar-refractivity contribution in [3.05, 3.63) is 181 Å². The molecule has 10 aromatic rings. The third-order valence-electron chi connectivity index (χ3n) is 10.0. The van der Waals surface area contributed by atoms with Crippen LogP contribution in [0.3, 0.4) is 0 Å². The fraction of sp³-hybridized carbons (Fsp3) is 0. The molecule has 0 fully saturated rings. The number of nitrogens with zero attached hydrogens (tertiary/aromatic N) is 6. The van der Waals surface area contributed by atoms with E-state index in [-0.39, 0.29) is 5.56 Å². The van der Waals surface area contributed by atoms with E-state index in [1.54, 1.807) is 22.8 Å². The summed E-state index contributed by atoms with van der Waals surface area (Å²) in [5.41, 5.74) is 9.85. The summed E-state index contributed by atoms with van der Waals surface area (Å²) >= 11 is 0. The minimum atomic E-state index is -0.162. The van der Waals surface area contributed by atoms with Crippen LogP contribution in [0, 0.1) is 0 Å². The van der Waals surface area contributed by atoms with Crippen molar-refractivity contribution < 1.29 is 0 Å². The normalized spacial score (nSPS) is 12.1. The maximum Gasteiger partial charge on any atom is 0.267 e. The molecule has 0 N–H and O–H groups in total. The molecule has 0 amide bonds. The number of hydrogen-bond donors (Lipinski definition) is 0. The molecule has 0 unspecified atom stereocenters. The van der Waals surface area contributed by atoms with E-state index in [0.29, 0.717) is 22.8 Å². The van der Waals surface area contributed by atoms with E-state index in [2.05, 4.69) is 94.9 Å². The van der Waals surface area contributed by atoms with Crippen LogP contribution in [-0.2, 0) is 0 Å². The first-order chi connectivity index (χ1) is 26.1. The van der Waals surface area contributed by atoms with Gasteiger partial charge < -0.3 is 0 Å². The molecule has 0 saturated carbocycles. The fourth-order valence-corrected chi connectivity index (χ4v) is 7.63. The van der Waals surface area contributed by atoms with Crippen molar-refractivity contribution in [3.63, 3.8) is 0 Å². The fourth-order valence-electron chi connectivity index (χ4n) is 7.63. The molecule has 4 heterocycles. The lowest BCUT2D eigenvalue weighted by molar-refractivity contribution is 1.01. The molecule has 250 valence electrons. The molecule has 0 saturated heterocycles. The molecular weight excluding hydrogens is 653 g/mol. The van der Waals surface area contributed by atoms with Crippen LogP contribution in [0.15, 0.2) is 176 Å². The second-order valence-corrected chi connectivity index (χ2v) is 13.0. The Morgan fingerprint density at radius 3 is 2.04 bits per heavy atom. The molecular formula is C46H30N6O. The highest BCUT2D eigenvalue weighted by atomic mass is 16.1. The van der Waals surface area contributed by atoms with Gasteiger partial charge in [0.2, 0.25) is 11.7 Å². The van der Waals surface area contributed by atoms with Gasteiger partial charge in [-0.1, -0.05) is 110 Å². The summed E-state index contributed by atoms with van der Waals surface area (Å²) < 4.78 is 5.83. The van der Waals surface area contributed by atoms with E-state index in [1.165, 1.54) is 0 Å². The monoisotopic (exact) mass is 682 g/mol. The first-order valence-corrected chi connectivity index (χ1v) is 17.4. The van der Waals surface area contributed by atoms with Crippen molar-refractivity contribution in [2.75, 3.05) is 0 Å². The number of allylic oxidation sites excluding steroid dienone is 4. The molecule has 0 aliphatic rings. The Labute approximate surface area is 303 Å².